The summed E-state index contributed by atoms with van der Waals surface area (Å²) in [7, 11) is 0. The zero-order chi connectivity index (χ0) is 12.0. The van der Waals surface area contributed by atoms with Crippen molar-refractivity contribution in [3.8, 4) is 0 Å². The Morgan fingerprint density at radius 2 is 2.19 bits per heavy atom. The number of rotatable bonds is 5. The van der Waals surface area contributed by atoms with Gasteiger partial charge in [-0.05, 0) is 6.07 Å². The number of aliphatic hydroxyl groups is 1. The molecule has 16 heavy (non-hydrogen) atoms. The van der Waals surface area contributed by atoms with E-state index < -0.39 is 17.9 Å². The van der Waals surface area contributed by atoms with Crippen molar-refractivity contribution in [2.24, 2.45) is 0 Å². The first-order valence-electron chi connectivity index (χ1n) is 4.56. The van der Waals surface area contributed by atoms with Crippen LogP contribution in [0.15, 0.2) is 18.5 Å². The lowest BCUT2D eigenvalue weighted by atomic mass is 10.2. The number of hydrogen-bond donors (Lipinski definition) is 3. The van der Waals surface area contributed by atoms with Crippen LogP contribution in [0.4, 0.5) is 0 Å². The molecule has 1 heterocycles. The molecule has 0 saturated carbocycles. The van der Waals surface area contributed by atoms with E-state index in [4.69, 9.17) is 10.2 Å². The molecule has 86 valence electrons. The molecule has 0 unspecified atom stereocenters. The first kappa shape index (κ1) is 12.1. The summed E-state index contributed by atoms with van der Waals surface area (Å²) in [6.07, 6.45) is 2.52. The van der Waals surface area contributed by atoms with Crippen LogP contribution in [0.2, 0.25) is 0 Å². The van der Waals surface area contributed by atoms with Crippen molar-refractivity contribution in [3.05, 3.63) is 24.0 Å². The number of nitrogens with one attached hydrogen (secondary N) is 1. The van der Waals surface area contributed by atoms with Crippen molar-refractivity contribution in [2.75, 3.05) is 6.61 Å². The van der Waals surface area contributed by atoms with Gasteiger partial charge in [0.25, 0.3) is 5.91 Å². The summed E-state index contributed by atoms with van der Waals surface area (Å²) in [5.41, 5.74) is 0.221. The Morgan fingerprint density at radius 1 is 1.44 bits per heavy atom. The van der Waals surface area contributed by atoms with Crippen molar-refractivity contribution in [1.82, 2.24) is 15.5 Å². The summed E-state index contributed by atoms with van der Waals surface area (Å²) in [6.45, 7) is -0.314. The fourth-order valence-corrected chi connectivity index (χ4v) is 1.05. The largest absolute Gasteiger partial charge is 0.480 e. The average molecular weight is 225 g/mol. The van der Waals surface area contributed by atoms with E-state index >= 15 is 0 Å². The SMILES string of the molecule is O=C(N[C@H](CCO)C(=O)O)c1ccnnc1. The van der Waals surface area contributed by atoms with Crippen molar-refractivity contribution in [3.63, 3.8) is 0 Å². The fraction of sp³-hybridized carbons (Fsp3) is 0.333. The van der Waals surface area contributed by atoms with Gasteiger partial charge < -0.3 is 15.5 Å². The van der Waals surface area contributed by atoms with Gasteiger partial charge in [0.2, 0.25) is 0 Å². The monoisotopic (exact) mass is 225 g/mol. The highest BCUT2D eigenvalue weighted by Crippen LogP contribution is 1.97. The van der Waals surface area contributed by atoms with Crippen LogP contribution in [0.1, 0.15) is 16.8 Å². The third-order valence-electron chi connectivity index (χ3n) is 1.87. The second kappa shape index (κ2) is 5.76. The molecule has 1 aromatic rings. The van der Waals surface area contributed by atoms with Gasteiger partial charge in [-0.3, -0.25) is 4.79 Å². The van der Waals surface area contributed by atoms with Gasteiger partial charge in [0, 0.05) is 13.0 Å². The molecule has 0 aliphatic rings. The Morgan fingerprint density at radius 3 is 2.69 bits per heavy atom. The molecule has 0 fully saturated rings. The Kier molecular flexibility index (Phi) is 4.34. The van der Waals surface area contributed by atoms with E-state index in [-0.39, 0.29) is 18.6 Å². The molecule has 0 aromatic carbocycles. The quantitative estimate of drug-likeness (QED) is 0.595. The van der Waals surface area contributed by atoms with Crippen molar-refractivity contribution in [1.29, 1.82) is 0 Å². The molecule has 0 aliphatic carbocycles. The maximum Gasteiger partial charge on any atom is 0.326 e. The summed E-state index contributed by atoms with van der Waals surface area (Å²) in [4.78, 5) is 22.2. The number of carboxylic acids is 1. The van der Waals surface area contributed by atoms with E-state index in [1.165, 1.54) is 18.5 Å². The second-order valence-corrected chi connectivity index (χ2v) is 3.01. The van der Waals surface area contributed by atoms with Gasteiger partial charge in [-0.25, -0.2) is 4.79 Å². The molecular weight excluding hydrogens is 214 g/mol. The van der Waals surface area contributed by atoms with Gasteiger partial charge in [0.05, 0.1) is 18.0 Å². The van der Waals surface area contributed by atoms with Gasteiger partial charge in [-0.15, -0.1) is 0 Å². The Balaban J connectivity index is 2.65. The van der Waals surface area contributed by atoms with Crippen LogP contribution in [0.25, 0.3) is 0 Å². The molecule has 3 N–H and O–H groups in total. The predicted molar refractivity (Wildman–Crippen MR) is 52.6 cm³/mol. The molecule has 0 spiro atoms. The molecule has 0 bridgehead atoms. The van der Waals surface area contributed by atoms with E-state index in [2.05, 4.69) is 15.5 Å². The highest BCUT2D eigenvalue weighted by molar-refractivity contribution is 5.96. The zero-order valence-corrected chi connectivity index (χ0v) is 8.33. The van der Waals surface area contributed by atoms with E-state index in [9.17, 15) is 9.59 Å². The predicted octanol–water partition coefficient (Wildman–Crippen LogP) is -0.958. The lowest BCUT2D eigenvalue weighted by molar-refractivity contribution is -0.139. The maximum absolute atomic E-state index is 11.5. The summed E-state index contributed by atoms with van der Waals surface area (Å²) < 4.78 is 0. The number of carbonyl (C=O) groups is 2. The second-order valence-electron chi connectivity index (χ2n) is 3.01. The van der Waals surface area contributed by atoms with E-state index in [0.29, 0.717) is 0 Å². The van der Waals surface area contributed by atoms with Crippen LogP contribution in [0.5, 0.6) is 0 Å². The number of carbonyl (C=O) groups excluding carboxylic acids is 1. The van der Waals surface area contributed by atoms with Crippen LogP contribution in [0, 0.1) is 0 Å². The first-order chi connectivity index (χ1) is 7.65. The number of aliphatic hydroxyl groups excluding tert-OH is 1. The molecule has 0 radical (unpaired) electrons. The number of nitrogens with zero attached hydrogens (tertiary/aromatic N) is 2. The Hall–Kier alpha value is -2.02. The third-order valence-corrected chi connectivity index (χ3v) is 1.87. The molecule has 1 atom stereocenters. The highest BCUT2D eigenvalue weighted by atomic mass is 16.4. The molecule has 0 saturated heterocycles. The summed E-state index contributed by atoms with van der Waals surface area (Å²) in [6, 6.07) is 0.311. The number of carboxylic acid groups (broad SMARTS) is 1. The van der Waals surface area contributed by atoms with Gasteiger partial charge in [-0.2, -0.15) is 10.2 Å². The molecular formula is C9H11N3O4. The maximum atomic E-state index is 11.5. The van der Waals surface area contributed by atoms with Gasteiger partial charge in [0.15, 0.2) is 0 Å². The third kappa shape index (κ3) is 3.28. The molecule has 7 heteroatoms. The van der Waals surface area contributed by atoms with Crippen LogP contribution in [-0.4, -0.2) is 44.9 Å². The summed E-state index contributed by atoms with van der Waals surface area (Å²) >= 11 is 0. The number of aliphatic carboxylic acids is 1. The minimum Gasteiger partial charge on any atom is -0.480 e. The minimum atomic E-state index is -1.19. The molecule has 1 amide bonds. The van der Waals surface area contributed by atoms with E-state index in [1.54, 1.807) is 0 Å². The topological polar surface area (TPSA) is 112 Å². The number of aromatic nitrogens is 2. The molecule has 1 aromatic heterocycles. The van der Waals surface area contributed by atoms with Crippen molar-refractivity contribution in [2.45, 2.75) is 12.5 Å². The lowest BCUT2D eigenvalue weighted by Crippen LogP contribution is -2.41. The molecule has 7 nitrogen and oxygen atoms in total. The van der Waals surface area contributed by atoms with Crippen LogP contribution in [0.3, 0.4) is 0 Å². The van der Waals surface area contributed by atoms with Gasteiger partial charge in [-0.1, -0.05) is 0 Å². The van der Waals surface area contributed by atoms with Crippen molar-refractivity contribution < 1.29 is 19.8 Å². The van der Waals surface area contributed by atoms with Gasteiger partial charge >= 0.3 is 5.97 Å². The summed E-state index contributed by atoms with van der Waals surface area (Å²) in [5, 5.41) is 26.6. The van der Waals surface area contributed by atoms with E-state index in [1.807, 2.05) is 0 Å². The lowest BCUT2D eigenvalue weighted by Gasteiger charge is -2.12. The van der Waals surface area contributed by atoms with Gasteiger partial charge in [0.1, 0.15) is 6.04 Å². The smallest absolute Gasteiger partial charge is 0.326 e. The average Bonchev–Trinajstić information content (AvgIpc) is 2.29. The number of hydrogen-bond acceptors (Lipinski definition) is 5. The van der Waals surface area contributed by atoms with Crippen molar-refractivity contribution >= 4 is 11.9 Å². The summed E-state index contributed by atoms with van der Waals surface area (Å²) in [5.74, 6) is -1.75. The minimum absolute atomic E-state index is 0.0421. The number of amides is 1. The molecule has 1 rings (SSSR count). The highest BCUT2D eigenvalue weighted by Gasteiger charge is 2.19. The fourth-order valence-electron chi connectivity index (χ4n) is 1.05. The Bertz CT molecular complexity index is 368. The van der Waals surface area contributed by atoms with Crippen LogP contribution in [-0.2, 0) is 4.79 Å². The standard InChI is InChI=1S/C9H11N3O4/c13-4-2-7(9(15)16)12-8(14)6-1-3-10-11-5-6/h1,3,5,7,13H,2,4H2,(H,12,14)(H,15,16)/t7-/m1/s1. The van der Waals surface area contributed by atoms with Crippen LogP contribution >= 0.6 is 0 Å². The van der Waals surface area contributed by atoms with E-state index in [0.717, 1.165) is 0 Å². The Labute approximate surface area is 91.1 Å². The first-order valence-corrected chi connectivity index (χ1v) is 4.56. The van der Waals surface area contributed by atoms with Crippen LogP contribution < -0.4 is 5.32 Å². The zero-order valence-electron chi connectivity index (χ0n) is 8.33. The molecule has 0 aliphatic heterocycles. The normalized spacial score (nSPS) is 11.8.